The van der Waals surface area contributed by atoms with Gasteiger partial charge in [-0.25, -0.2) is 0 Å². The van der Waals surface area contributed by atoms with Crippen molar-refractivity contribution >= 4 is 5.91 Å². The van der Waals surface area contributed by atoms with Crippen LogP contribution in [-0.2, 0) is 4.79 Å². The van der Waals surface area contributed by atoms with E-state index in [4.69, 9.17) is 11.5 Å². The molecule has 1 amide bonds. The predicted molar refractivity (Wildman–Crippen MR) is 96.3 cm³/mol. The van der Waals surface area contributed by atoms with Crippen molar-refractivity contribution in [3.63, 3.8) is 0 Å². The molecule has 0 bridgehead atoms. The van der Waals surface area contributed by atoms with Crippen LogP contribution in [0.4, 0.5) is 0 Å². The summed E-state index contributed by atoms with van der Waals surface area (Å²) in [6, 6.07) is 19.6. The molecule has 1 heterocycles. The number of nitrogens with zero attached hydrogens (tertiary/aromatic N) is 1. The standard InChI is InChI=1S/C20H25N3O/c1-14(19(22)16-10-6-3-7-11-16)20(24)23-12-17(18(21)13-23)15-8-4-2-5-9-15/h2-11,14,17-19H,12-13,21-22H2,1H3/t14?,17-,18+,19?/m0/s1. The van der Waals surface area contributed by atoms with E-state index in [9.17, 15) is 4.79 Å². The van der Waals surface area contributed by atoms with Gasteiger partial charge in [0, 0.05) is 31.1 Å². The zero-order valence-electron chi connectivity index (χ0n) is 14.0. The Hall–Kier alpha value is -2.17. The lowest BCUT2D eigenvalue weighted by Gasteiger charge is -2.25. The summed E-state index contributed by atoms with van der Waals surface area (Å²) < 4.78 is 0. The smallest absolute Gasteiger partial charge is 0.227 e. The van der Waals surface area contributed by atoms with E-state index in [0.717, 1.165) is 5.56 Å². The third-order valence-electron chi connectivity index (χ3n) is 5.02. The quantitative estimate of drug-likeness (QED) is 0.906. The second-order valence-electron chi connectivity index (χ2n) is 6.65. The summed E-state index contributed by atoms with van der Waals surface area (Å²) in [5.74, 6) is 0.00431. The van der Waals surface area contributed by atoms with Crippen molar-refractivity contribution in [3.05, 3.63) is 71.8 Å². The molecule has 0 radical (unpaired) electrons. The van der Waals surface area contributed by atoms with Crippen LogP contribution in [0.2, 0.25) is 0 Å². The van der Waals surface area contributed by atoms with Gasteiger partial charge in [-0.15, -0.1) is 0 Å². The zero-order valence-corrected chi connectivity index (χ0v) is 14.0. The highest BCUT2D eigenvalue weighted by atomic mass is 16.2. The van der Waals surface area contributed by atoms with Crippen molar-refractivity contribution in [2.24, 2.45) is 17.4 Å². The molecule has 0 saturated carbocycles. The number of hydrogen-bond acceptors (Lipinski definition) is 3. The maximum atomic E-state index is 12.9. The van der Waals surface area contributed by atoms with Crippen molar-refractivity contribution in [3.8, 4) is 0 Å². The average molecular weight is 323 g/mol. The lowest BCUT2D eigenvalue weighted by molar-refractivity contribution is -0.134. The minimum absolute atomic E-state index is 0.0310. The lowest BCUT2D eigenvalue weighted by Crippen LogP contribution is -2.39. The highest BCUT2D eigenvalue weighted by Crippen LogP contribution is 2.29. The minimum atomic E-state index is -0.300. The van der Waals surface area contributed by atoms with Crippen LogP contribution in [-0.4, -0.2) is 29.9 Å². The molecule has 2 aromatic carbocycles. The Kier molecular flexibility index (Phi) is 4.97. The number of rotatable bonds is 4. The van der Waals surface area contributed by atoms with Gasteiger partial charge in [-0.1, -0.05) is 67.6 Å². The van der Waals surface area contributed by atoms with Gasteiger partial charge in [0.05, 0.1) is 5.92 Å². The maximum absolute atomic E-state index is 12.9. The number of carbonyl (C=O) groups is 1. The second-order valence-corrected chi connectivity index (χ2v) is 6.65. The first kappa shape index (κ1) is 16.7. The highest BCUT2D eigenvalue weighted by Gasteiger charge is 2.36. The van der Waals surface area contributed by atoms with Crippen molar-refractivity contribution in [1.82, 2.24) is 4.90 Å². The molecule has 4 heteroatoms. The molecule has 1 saturated heterocycles. The summed E-state index contributed by atoms with van der Waals surface area (Å²) in [4.78, 5) is 14.7. The summed E-state index contributed by atoms with van der Waals surface area (Å²) in [6.07, 6.45) is 0. The number of hydrogen-bond donors (Lipinski definition) is 2. The van der Waals surface area contributed by atoms with Crippen molar-refractivity contribution in [2.45, 2.75) is 24.9 Å². The summed E-state index contributed by atoms with van der Waals surface area (Å²) >= 11 is 0. The Balaban J connectivity index is 1.69. The Bertz CT molecular complexity index is 674. The fourth-order valence-electron chi connectivity index (χ4n) is 3.47. The van der Waals surface area contributed by atoms with Gasteiger partial charge in [0.15, 0.2) is 0 Å². The van der Waals surface area contributed by atoms with E-state index in [1.54, 1.807) is 0 Å². The number of nitrogens with two attached hydrogens (primary N) is 2. The first-order valence-corrected chi connectivity index (χ1v) is 8.47. The summed E-state index contributed by atoms with van der Waals surface area (Å²) in [5.41, 5.74) is 14.8. The fraction of sp³-hybridized carbons (Fsp3) is 0.350. The van der Waals surface area contributed by atoms with Gasteiger partial charge in [0.1, 0.15) is 0 Å². The number of benzene rings is 2. The Labute approximate surface area is 143 Å². The van der Waals surface area contributed by atoms with Crippen LogP contribution in [0.25, 0.3) is 0 Å². The van der Waals surface area contributed by atoms with E-state index in [0.29, 0.717) is 13.1 Å². The van der Waals surface area contributed by atoms with Crippen LogP contribution in [0.5, 0.6) is 0 Å². The van der Waals surface area contributed by atoms with Crippen LogP contribution in [0.1, 0.15) is 30.0 Å². The molecule has 4 atom stereocenters. The number of carbonyl (C=O) groups excluding carboxylic acids is 1. The predicted octanol–water partition coefficient (Wildman–Crippen LogP) is 2.28. The SMILES string of the molecule is CC(C(=O)N1C[C@@H](N)[C@H](c2ccccc2)C1)C(N)c1ccccc1. The summed E-state index contributed by atoms with van der Waals surface area (Å²) in [6.45, 7) is 3.15. The van der Waals surface area contributed by atoms with Crippen molar-refractivity contribution in [1.29, 1.82) is 0 Å². The van der Waals surface area contributed by atoms with Gasteiger partial charge in [-0.2, -0.15) is 0 Å². The molecule has 4 N–H and O–H groups in total. The normalized spacial score (nSPS) is 23.0. The molecule has 0 spiro atoms. The van der Waals surface area contributed by atoms with Crippen molar-refractivity contribution in [2.75, 3.05) is 13.1 Å². The summed E-state index contributed by atoms with van der Waals surface area (Å²) in [5, 5.41) is 0. The van der Waals surface area contributed by atoms with E-state index >= 15 is 0 Å². The maximum Gasteiger partial charge on any atom is 0.227 e. The van der Waals surface area contributed by atoms with Crippen LogP contribution >= 0.6 is 0 Å². The van der Waals surface area contributed by atoms with Crippen molar-refractivity contribution < 1.29 is 4.79 Å². The van der Waals surface area contributed by atoms with Gasteiger partial charge in [-0.3, -0.25) is 4.79 Å². The Morgan fingerprint density at radius 2 is 1.62 bits per heavy atom. The number of likely N-dealkylation sites (tertiary alicyclic amines) is 1. The van der Waals surface area contributed by atoms with Crippen LogP contribution in [0.3, 0.4) is 0 Å². The fourth-order valence-corrected chi connectivity index (χ4v) is 3.47. The molecule has 3 rings (SSSR count). The molecule has 1 aliphatic heterocycles. The van der Waals surface area contributed by atoms with Crippen LogP contribution in [0, 0.1) is 5.92 Å². The average Bonchev–Trinajstić information content (AvgIpc) is 3.03. The summed E-state index contributed by atoms with van der Waals surface area (Å²) in [7, 11) is 0. The topological polar surface area (TPSA) is 72.3 Å². The highest BCUT2D eigenvalue weighted by molar-refractivity contribution is 5.80. The molecule has 126 valence electrons. The molecular weight excluding hydrogens is 298 g/mol. The first-order chi connectivity index (χ1) is 11.6. The molecule has 24 heavy (non-hydrogen) atoms. The van der Waals surface area contributed by atoms with Gasteiger partial charge in [-0.05, 0) is 11.1 Å². The molecule has 1 fully saturated rings. The van der Waals surface area contributed by atoms with Gasteiger partial charge in [0.25, 0.3) is 0 Å². The molecule has 1 aliphatic rings. The lowest BCUT2D eigenvalue weighted by atomic mass is 9.94. The third-order valence-corrected chi connectivity index (χ3v) is 5.02. The number of amides is 1. The monoisotopic (exact) mass is 323 g/mol. The van der Waals surface area contributed by atoms with E-state index in [1.165, 1.54) is 5.56 Å². The van der Waals surface area contributed by atoms with Crippen LogP contribution < -0.4 is 11.5 Å². The van der Waals surface area contributed by atoms with Gasteiger partial charge in [0.2, 0.25) is 5.91 Å². The Morgan fingerprint density at radius 1 is 1.04 bits per heavy atom. The molecule has 0 aliphatic carbocycles. The molecule has 0 aromatic heterocycles. The van der Waals surface area contributed by atoms with E-state index in [2.05, 4.69) is 12.1 Å². The first-order valence-electron chi connectivity index (χ1n) is 8.47. The molecule has 2 unspecified atom stereocenters. The second kappa shape index (κ2) is 7.16. The van der Waals surface area contributed by atoms with Gasteiger partial charge >= 0.3 is 0 Å². The molecule has 4 nitrogen and oxygen atoms in total. The Morgan fingerprint density at radius 3 is 2.25 bits per heavy atom. The zero-order chi connectivity index (χ0) is 17.1. The third kappa shape index (κ3) is 3.35. The van der Waals surface area contributed by atoms with Crippen LogP contribution in [0.15, 0.2) is 60.7 Å². The van der Waals surface area contributed by atoms with Gasteiger partial charge < -0.3 is 16.4 Å². The largest absolute Gasteiger partial charge is 0.340 e. The minimum Gasteiger partial charge on any atom is -0.340 e. The van der Waals surface area contributed by atoms with E-state index in [-0.39, 0.29) is 29.8 Å². The molecular formula is C20H25N3O. The molecule has 2 aromatic rings. The van der Waals surface area contributed by atoms with E-state index < -0.39 is 0 Å². The van der Waals surface area contributed by atoms with E-state index in [1.807, 2.05) is 60.4 Å².